The molecule has 1 unspecified atom stereocenters. The minimum Gasteiger partial charge on any atom is -0.512 e. The number of likely N-dealkylation sites (tertiary alicyclic amines) is 1. The van der Waals surface area contributed by atoms with Gasteiger partial charge in [-0.05, 0) is 36.6 Å². The van der Waals surface area contributed by atoms with Gasteiger partial charge < -0.3 is 5.11 Å². The Balaban J connectivity index is 2.38. The third kappa shape index (κ3) is 1.48. The van der Waals surface area contributed by atoms with E-state index in [9.17, 15) is 5.11 Å². The van der Waals surface area contributed by atoms with Gasteiger partial charge in [0.1, 0.15) is 0 Å². The highest BCUT2D eigenvalue weighted by Crippen LogP contribution is 2.36. The van der Waals surface area contributed by atoms with Crippen LogP contribution in [0.5, 0.6) is 0 Å². The van der Waals surface area contributed by atoms with Gasteiger partial charge in [0.15, 0.2) is 0 Å². The first kappa shape index (κ1) is 9.78. The van der Waals surface area contributed by atoms with E-state index < -0.39 is 0 Å². The molecule has 1 aliphatic carbocycles. The summed E-state index contributed by atoms with van der Waals surface area (Å²) in [7, 11) is 2.15. The van der Waals surface area contributed by atoms with Crippen LogP contribution in [0.1, 0.15) is 26.7 Å². The molecule has 2 aliphatic rings. The normalized spacial score (nSPS) is 28.3. The van der Waals surface area contributed by atoms with Crippen LogP contribution < -0.4 is 0 Å². The molecule has 1 N–H and O–H groups in total. The van der Waals surface area contributed by atoms with Gasteiger partial charge >= 0.3 is 0 Å². The molecule has 2 heteroatoms. The highest BCUT2D eigenvalue weighted by molar-refractivity contribution is 5.38. The van der Waals surface area contributed by atoms with Gasteiger partial charge in [0.05, 0.1) is 5.76 Å². The van der Waals surface area contributed by atoms with Crippen molar-refractivity contribution in [2.45, 2.75) is 32.7 Å². The molecule has 2 nitrogen and oxygen atoms in total. The highest BCUT2D eigenvalue weighted by Gasteiger charge is 2.32. The first-order chi connectivity index (χ1) is 6.59. The molecule has 1 aliphatic heterocycles. The summed E-state index contributed by atoms with van der Waals surface area (Å²) < 4.78 is 0. The van der Waals surface area contributed by atoms with Crippen molar-refractivity contribution in [3.05, 3.63) is 23.0 Å². The van der Waals surface area contributed by atoms with Crippen molar-refractivity contribution in [2.75, 3.05) is 13.6 Å². The SMILES string of the molecule is CC(C)C1=C2CCN(C)C2CC(O)=C1. The summed E-state index contributed by atoms with van der Waals surface area (Å²) in [6.45, 7) is 5.54. The molecule has 0 aromatic heterocycles. The maximum absolute atomic E-state index is 9.69. The lowest BCUT2D eigenvalue weighted by Gasteiger charge is -2.26. The molecular weight excluding hydrogens is 174 g/mol. The summed E-state index contributed by atoms with van der Waals surface area (Å²) in [4.78, 5) is 2.35. The molecule has 0 radical (unpaired) electrons. The number of rotatable bonds is 1. The highest BCUT2D eigenvalue weighted by atomic mass is 16.3. The van der Waals surface area contributed by atoms with Gasteiger partial charge in [0, 0.05) is 19.0 Å². The van der Waals surface area contributed by atoms with Crippen LogP contribution in [0.2, 0.25) is 0 Å². The molecular formula is C12H19NO. The number of allylic oxidation sites excluding steroid dienone is 2. The number of nitrogens with zero attached hydrogens (tertiary/aromatic N) is 1. The molecule has 1 atom stereocenters. The van der Waals surface area contributed by atoms with Gasteiger partial charge in [0.2, 0.25) is 0 Å². The van der Waals surface area contributed by atoms with Crippen LogP contribution in [0.25, 0.3) is 0 Å². The van der Waals surface area contributed by atoms with E-state index in [1.807, 2.05) is 6.08 Å². The molecule has 0 aromatic rings. The van der Waals surface area contributed by atoms with Crippen LogP contribution in [0.3, 0.4) is 0 Å². The lowest BCUT2D eigenvalue weighted by molar-refractivity contribution is 0.283. The first-order valence-electron chi connectivity index (χ1n) is 5.42. The summed E-state index contributed by atoms with van der Waals surface area (Å²) in [5, 5.41) is 9.69. The molecule has 14 heavy (non-hydrogen) atoms. The average Bonchev–Trinajstić information content (AvgIpc) is 2.47. The topological polar surface area (TPSA) is 23.5 Å². The van der Waals surface area contributed by atoms with E-state index in [2.05, 4.69) is 25.8 Å². The van der Waals surface area contributed by atoms with Crippen molar-refractivity contribution in [3.63, 3.8) is 0 Å². The van der Waals surface area contributed by atoms with E-state index in [1.165, 1.54) is 12.0 Å². The van der Waals surface area contributed by atoms with Gasteiger partial charge in [-0.2, -0.15) is 0 Å². The van der Waals surface area contributed by atoms with Crippen molar-refractivity contribution >= 4 is 0 Å². The zero-order chi connectivity index (χ0) is 10.3. The van der Waals surface area contributed by atoms with Crippen molar-refractivity contribution in [3.8, 4) is 0 Å². The maximum atomic E-state index is 9.69. The van der Waals surface area contributed by atoms with E-state index in [0.717, 1.165) is 13.0 Å². The molecule has 0 amide bonds. The Kier molecular flexibility index (Phi) is 2.40. The van der Waals surface area contributed by atoms with Crippen molar-refractivity contribution in [1.82, 2.24) is 4.90 Å². The third-order valence-electron chi connectivity index (χ3n) is 3.39. The van der Waals surface area contributed by atoms with Gasteiger partial charge in [-0.3, -0.25) is 4.90 Å². The summed E-state index contributed by atoms with van der Waals surface area (Å²) >= 11 is 0. The predicted octanol–water partition coefficient (Wildman–Crippen LogP) is 2.49. The smallest absolute Gasteiger partial charge is 0.0944 e. The minimum absolute atomic E-state index is 0.470. The van der Waals surface area contributed by atoms with Crippen molar-refractivity contribution < 1.29 is 5.11 Å². The van der Waals surface area contributed by atoms with E-state index in [1.54, 1.807) is 5.57 Å². The predicted molar refractivity (Wildman–Crippen MR) is 58.2 cm³/mol. The van der Waals surface area contributed by atoms with Gasteiger partial charge in [-0.1, -0.05) is 13.8 Å². The van der Waals surface area contributed by atoms with Gasteiger partial charge in [-0.15, -0.1) is 0 Å². The Morgan fingerprint density at radius 2 is 2.21 bits per heavy atom. The molecule has 1 saturated heterocycles. The second-order valence-electron chi connectivity index (χ2n) is 4.72. The van der Waals surface area contributed by atoms with Crippen LogP contribution in [0, 0.1) is 5.92 Å². The number of aliphatic hydroxyl groups is 1. The number of hydrogen-bond acceptors (Lipinski definition) is 2. The average molecular weight is 193 g/mol. The first-order valence-corrected chi connectivity index (χ1v) is 5.42. The fourth-order valence-corrected chi connectivity index (χ4v) is 2.57. The molecule has 0 bridgehead atoms. The second-order valence-corrected chi connectivity index (χ2v) is 4.72. The number of hydrogen-bond donors (Lipinski definition) is 1. The Bertz CT molecular complexity index is 301. The fraction of sp³-hybridized carbons (Fsp3) is 0.667. The molecule has 0 saturated carbocycles. The van der Waals surface area contributed by atoms with Crippen LogP contribution in [0.4, 0.5) is 0 Å². The summed E-state index contributed by atoms with van der Waals surface area (Å²) in [5.74, 6) is 1.08. The number of aliphatic hydroxyl groups excluding tert-OH is 1. The Hall–Kier alpha value is -0.760. The van der Waals surface area contributed by atoms with Crippen LogP contribution in [-0.2, 0) is 0 Å². The minimum atomic E-state index is 0.470. The third-order valence-corrected chi connectivity index (χ3v) is 3.39. The van der Waals surface area contributed by atoms with Crippen molar-refractivity contribution in [1.29, 1.82) is 0 Å². The molecule has 0 spiro atoms. The molecule has 1 fully saturated rings. The Morgan fingerprint density at radius 1 is 1.50 bits per heavy atom. The molecule has 2 rings (SSSR count). The Morgan fingerprint density at radius 3 is 2.86 bits per heavy atom. The number of likely N-dealkylation sites (N-methyl/N-ethyl adjacent to an activating group) is 1. The van der Waals surface area contributed by atoms with Crippen molar-refractivity contribution in [2.24, 2.45) is 5.92 Å². The van der Waals surface area contributed by atoms with Gasteiger partial charge in [0.25, 0.3) is 0 Å². The monoisotopic (exact) mass is 193 g/mol. The van der Waals surface area contributed by atoms with Crippen LogP contribution >= 0.6 is 0 Å². The standard InChI is InChI=1S/C12H19NO/c1-8(2)11-6-9(14)7-12-10(11)4-5-13(12)3/h6,8,12,14H,4-5,7H2,1-3H3. The summed E-state index contributed by atoms with van der Waals surface area (Å²) in [6.07, 6.45) is 3.97. The molecule has 1 heterocycles. The fourth-order valence-electron chi connectivity index (χ4n) is 2.57. The quantitative estimate of drug-likeness (QED) is 0.691. The van der Waals surface area contributed by atoms with Crippen LogP contribution in [0.15, 0.2) is 23.0 Å². The zero-order valence-electron chi connectivity index (χ0n) is 9.25. The Labute approximate surface area is 85.9 Å². The largest absolute Gasteiger partial charge is 0.512 e. The lowest BCUT2D eigenvalue weighted by atomic mass is 9.86. The number of fused-ring (bicyclic) bond motifs is 1. The van der Waals surface area contributed by atoms with Crippen LogP contribution in [-0.4, -0.2) is 29.6 Å². The van der Waals surface area contributed by atoms with E-state index in [0.29, 0.717) is 17.7 Å². The summed E-state index contributed by atoms with van der Waals surface area (Å²) in [5.41, 5.74) is 2.92. The molecule has 0 aromatic carbocycles. The zero-order valence-corrected chi connectivity index (χ0v) is 9.25. The summed E-state index contributed by atoms with van der Waals surface area (Å²) in [6, 6.07) is 0.470. The van der Waals surface area contributed by atoms with E-state index in [4.69, 9.17) is 0 Å². The maximum Gasteiger partial charge on any atom is 0.0944 e. The van der Waals surface area contributed by atoms with E-state index >= 15 is 0 Å². The second kappa shape index (κ2) is 3.43. The molecule has 78 valence electrons. The van der Waals surface area contributed by atoms with E-state index in [-0.39, 0.29) is 0 Å². The lowest BCUT2D eigenvalue weighted by Crippen LogP contribution is -2.28. The van der Waals surface area contributed by atoms with Gasteiger partial charge in [-0.25, -0.2) is 0 Å².